The molecule has 0 saturated heterocycles. The number of rotatable bonds is 5. The van der Waals surface area contributed by atoms with Crippen LogP contribution >= 0.6 is 0 Å². The van der Waals surface area contributed by atoms with Gasteiger partial charge < -0.3 is 23.2 Å². The summed E-state index contributed by atoms with van der Waals surface area (Å²) in [4.78, 5) is 16.2. The molecule has 0 saturated carbocycles. The van der Waals surface area contributed by atoms with Gasteiger partial charge in [-0.25, -0.2) is 9.78 Å². The van der Waals surface area contributed by atoms with Crippen LogP contribution < -0.4 is 9.47 Å². The molecule has 1 aliphatic heterocycles. The second kappa shape index (κ2) is 7.75. The standard InChI is InChI=1S/C22H16N2O6/c25-22(21-23-12-20(29-21)14-4-2-1-3-5-14)28-13-16-11-18(30-24-16)15-6-7-17-19(10-15)27-9-8-26-17/h1-7,10-12H,8-9,13H2. The molecule has 0 radical (unpaired) electrons. The minimum atomic E-state index is -0.680. The van der Waals surface area contributed by atoms with Crippen LogP contribution in [-0.4, -0.2) is 29.3 Å². The Hall–Kier alpha value is -4.07. The number of ether oxygens (including phenoxy) is 3. The number of fused-ring (bicyclic) bond motifs is 1. The van der Waals surface area contributed by atoms with Gasteiger partial charge in [0.2, 0.25) is 0 Å². The lowest BCUT2D eigenvalue weighted by molar-refractivity contribution is 0.0419. The van der Waals surface area contributed by atoms with Gasteiger partial charge in [0.15, 0.2) is 23.0 Å². The summed E-state index contributed by atoms with van der Waals surface area (Å²) in [5.41, 5.74) is 2.07. The van der Waals surface area contributed by atoms with Crippen LogP contribution in [0.3, 0.4) is 0 Å². The maximum Gasteiger partial charge on any atom is 0.395 e. The fourth-order valence-electron chi connectivity index (χ4n) is 3.02. The van der Waals surface area contributed by atoms with Gasteiger partial charge in [-0.3, -0.25) is 0 Å². The Balaban J connectivity index is 1.24. The lowest BCUT2D eigenvalue weighted by Crippen LogP contribution is -2.15. The Bertz CT molecular complexity index is 1180. The summed E-state index contributed by atoms with van der Waals surface area (Å²) in [5.74, 6) is 1.57. The molecule has 0 unspecified atom stereocenters. The Morgan fingerprint density at radius 2 is 1.77 bits per heavy atom. The fraction of sp³-hybridized carbons (Fsp3) is 0.136. The second-order valence-corrected chi connectivity index (χ2v) is 6.51. The Labute approximate surface area is 171 Å². The topological polar surface area (TPSA) is 96.8 Å². The van der Waals surface area contributed by atoms with Crippen LogP contribution in [0.15, 0.2) is 69.7 Å². The zero-order chi connectivity index (χ0) is 20.3. The zero-order valence-electron chi connectivity index (χ0n) is 15.7. The lowest BCUT2D eigenvalue weighted by atomic mass is 10.1. The fourth-order valence-corrected chi connectivity index (χ4v) is 3.02. The van der Waals surface area contributed by atoms with Crippen molar-refractivity contribution < 1.29 is 27.9 Å². The molecule has 0 N–H and O–H groups in total. The van der Waals surface area contributed by atoms with Crippen molar-refractivity contribution in [1.29, 1.82) is 0 Å². The normalized spacial score (nSPS) is 12.5. The molecule has 8 nitrogen and oxygen atoms in total. The van der Waals surface area contributed by atoms with Gasteiger partial charge in [0.25, 0.3) is 0 Å². The van der Waals surface area contributed by atoms with Crippen LogP contribution in [-0.2, 0) is 11.3 Å². The van der Waals surface area contributed by atoms with Crippen molar-refractivity contribution in [3.63, 3.8) is 0 Å². The molecule has 0 amide bonds. The molecule has 0 fully saturated rings. The first kappa shape index (κ1) is 18.0. The van der Waals surface area contributed by atoms with Crippen molar-refractivity contribution in [2.75, 3.05) is 13.2 Å². The number of benzene rings is 2. The molecule has 0 atom stereocenters. The number of carbonyl (C=O) groups is 1. The molecular formula is C22H16N2O6. The van der Waals surface area contributed by atoms with Gasteiger partial charge >= 0.3 is 11.9 Å². The van der Waals surface area contributed by atoms with E-state index in [0.717, 1.165) is 11.1 Å². The summed E-state index contributed by atoms with van der Waals surface area (Å²) >= 11 is 0. The predicted octanol–water partition coefficient (Wildman–Crippen LogP) is 4.12. The molecule has 0 spiro atoms. The Kier molecular flexibility index (Phi) is 4.65. The number of hydrogen-bond donors (Lipinski definition) is 0. The number of oxazole rings is 1. The maximum absolute atomic E-state index is 12.2. The SMILES string of the molecule is O=C(OCc1cc(-c2ccc3c(c2)OCCO3)on1)c1ncc(-c2ccccc2)o1. The molecule has 1 aliphatic rings. The maximum atomic E-state index is 12.2. The molecule has 4 aromatic rings. The third-order valence-corrected chi connectivity index (χ3v) is 4.48. The molecule has 2 aromatic carbocycles. The van der Waals surface area contributed by atoms with Crippen molar-refractivity contribution >= 4 is 5.97 Å². The molecule has 8 heteroatoms. The van der Waals surface area contributed by atoms with Gasteiger partial charge in [-0.2, -0.15) is 0 Å². The minimum Gasteiger partial charge on any atom is -0.486 e. The van der Waals surface area contributed by atoms with Crippen molar-refractivity contribution in [3.05, 3.63) is 72.4 Å². The van der Waals surface area contributed by atoms with E-state index < -0.39 is 5.97 Å². The largest absolute Gasteiger partial charge is 0.486 e. The van der Waals surface area contributed by atoms with Gasteiger partial charge in [0, 0.05) is 17.2 Å². The van der Waals surface area contributed by atoms with Gasteiger partial charge in [-0.05, 0) is 18.2 Å². The van der Waals surface area contributed by atoms with Crippen LogP contribution in [0, 0.1) is 0 Å². The quantitative estimate of drug-likeness (QED) is 0.458. The van der Waals surface area contributed by atoms with Crippen LogP contribution in [0.5, 0.6) is 11.5 Å². The van der Waals surface area contributed by atoms with Crippen molar-refractivity contribution in [1.82, 2.24) is 10.1 Å². The summed E-state index contributed by atoms with van der Waals surface area (Å²) in [6, 6.07) is 16.6. The Morgan fingerprint density at radius 1 is 0.933 bits per heavy atom. The van der Waals surface area contributed by atoms with Crippen molar-refractivity contribution in [2.45, 2.75) is 6.61 Å². The van der Waals surface area contributed by atoms with Crippen LogP contribution in [0.2, 0.25) is 0 Å². The zero-order valence-corrected chi connectivity index (χ0v) is 15.7. The average molecular weight is 404 g/mol. The van der Waals surface area contributed by atoms with Gasteiger partial charge in [0.1, 0.15) is 25.5 Å². The van der Waals surface area contributed by atoms with E-state index in [4.69, 9.17) is 23.2 Å². The number of hydrogen-bond acceptors (Lipinski definition) is 8. The van der Waals surface area contributed by atoms with E-state index >= 15 is 0 Å². The van der Waals surface area contributed by atoms with Crippen LogP contribution in [0.1, 0.15) is 16.4 Å². The molecule has 3 heterocycles. The van der Waals surface area contributed by atoms with Gasteiger partial charge in [0.05, 0.1) is 6.20 Å². The van der Waals surface area contributed by atoms with E-state index in [-0.39, 0.29) is 12.5 Å². The summed E-state index contributed by atoms with van der Waals surface area (Å²) in [7, 11) is 0. The number of aromatic nitrogens is 2. The molecule has 30 heavy (non-hydrogen) atoms. The summed E-state index contributed by atoms with van der Waals surface area (Å²) in [6.45, 7) is 0.957. The highest BCUT2D eigenvalue weighted by atomic mass is 16.6. The smallest absolute Gasteiger partial charge is 0.395 e. The van der Waals surface area contributed by atoms with Crippen molar-refractivity contribution in [2.24, 2.45) is 0 Å². The van der Waals surface area contributed by atoms with Crippen LogP contribution in [0.4, 0.5) is 0 Å². The van der Waals surface area contributed by atoms with Crippen molar-refractivity contribution in [3.8, 4) is 34.1 Å². The molecule has 2 aromatic heterocycles. The van der Waals surface area contributed by atoms with E-state index in [2.05, 4.69) is 10.1 Å². The highest BCUT2D eigenvalue weighted by Crippen LogP contribution is 2.34. The lowest BCUT2D eigenvalue weighted by Gasteiger charge is -2.18. The molecular weight excluding hydrogens is 388 g/mol. The second-order valence-electron chi connectivity index (χ2n) is 6.51. The predicted molar refractivity (Wildman–Crippen MR) is 104 cm³/mol. The third-order valence-electron chi connectivity index (χ3n) is 4.48. The molecule has 0 aliphatic carbocycles. The number of esters is 1. The number of nitrogens with zero attached hydrogens (tertiary/aromatic N) is 2. The van der Waals surface area contributed by atoms with E-state index in [0.29, 0.717) is 41.9 Å². The monoisotopic (exact) mass is 404 g/mol. The summed E-state index contributed by atoms with van der Waals surface area (Å²) < 4.78 is 27.2. The highest BCUT2D eigenvalue weighted by molar-refractivity contribution is 5.84. The number of carbonyl (C=O) groups excluding carboxylic acids is 1. The molecule has 150 valence electrons. The van der Waals surface area contributed by atoms with E-state index in [1.807, 2.05) is 48.5 Å². The molecule has 5 rings (SSSR count). The first-order chi connectivity index (χ1) is 14.8. The van der Waals surface area contributed by atoms with E-state index in [1.165, 1.54) is 6.20 Å². The Morgan fingerprint density at radius 3 is 2.63 bits per heavy atom. The van der Waals surface area contributed by atoms with Crippen LogP contribution in [0.25, 0.3) is 22.6 Å². The molecule has 0 bridgehead atoms. The average Bonchev–Trinajstić information content (AvgIpc) is 3.48. The van der Waals surface area contributed by atoms with E-state index in [1.54, 1.807) is 6.07 Å². The first-order valence-electron chi connectivity index (χ1n) is 9.30. The summed E-state index contributed by atoms with van der Waals surface area (Å²) in [6.07, 6.45) is 1.49. The highest BCUT2D eigenvalue weighted by Gasteiger charge is 2.18. The van der Waals surface area contributed by atoms with Gasteiger partial charge in [-0.1, -0.05) is 35.5 Å². The third kappa shape index (κ3) is 3.62. The van der Waals surface area contributed by atoms with E-state index in [9.17, 15) is 4.79 Å². The first-order valence-corrected chi connectivity index (χ1v) is 9.30. The minimum absolute atomic E-state index is 0.0735. The van der Waals surface area contributed by atoms with Gasteiger partial charge in [-0.15, -0.1) is 0 Å². The summed E-state index contributed by atoms with van der Waals surface area (Å²) in [5, 5.41) is 3.95.